The van der Waals surface area contributed by atoms with Crippen LogP contribution in [0.4, 0.5) is 0 Å². The van der Waals surface area contributed by atoms with Crippen LogP contribution in [0.15, 0.2) is 0 Å². The molecule has 1 N–H and O–H groups in total. The molecule has 0 atom stereocenters. The molecule has 16 heavy (non-hydrogen) atoms. The molecule has 2 rings (SSSR count). The number of amides is 2. The van der Waals surface area contributed by atoms with Gasteiger partial charge in [-0.3, -0.25) is 14.5 Å². The topological polar surface area (TPSA) is 66.8 Å². The molecule has 6 heteroatoms. The van der Waals surface area contributed by atoms with Crippen molar-refractivity contribution in [2.45, 2.75) is 18.4 Å². The minimum absolute atomic E-state index is 0.120. The predicted molar refractivity (Wildman–Crippen MR) is 59.0 cm³/mol. The molecule has 0 aromatic rings. The van der Waals surface area contributed by atoms with Crippen molar-refractivity contribution in [2.24, 2.45) is 0 Å². The smallest absolute Gasteiger partial charge is 0.239 e. The fraction of sp³-hybridized carbons (Fsp3) is 0.800. The maximum atomic E-state index is 11.6. The van der Waals surface area contributed by atoms with Crippen LogP contribution in [0.1, 0.15) is 12.8 Å². The Morgan fingerprint density at radius 1 is 1.25 bits per heavy atom. The van der Waals surface area contributed by atoms with Crippen molar-refractivity contribution in [3.8, 4) is 0 Å². The number of thioether (sulfide) groups is 1. The first-order chi connectivity index (χ1) is 7.61. The molecule has 0 aliphatic carbocycles. The molecule has 2 saturated heterocycles. The van der Waals surface area contributed by atoms with Gasteiger partial charge < -0.3 is 9.84 Å². The first-order valence-electron chi connectivity index (χ1n) is 5.32. The van der Waals surface area contributed by atoms with Crippen LogP contribution >= 0.6 is 11.8 Å². The molecule has 0 unspecified atom stereocenters. The molecule has 2 aliphatic rings. The lowest BCUT2D eigenvalue weighted by atomic mass is 9.93. The van der Waals surface area contributed by atoms with Crippen molar-refractivity contribution in [2.75, 3.05) is 31.3 Å². The van der Waals surface area contributed by atoms with Crippen molar-refractivity contribution in [3.05, 3.63) is 0 Å². The van der Waals surface area contributed by atoms with Crippen LogP contribution in [-0.2, 0) is 14.3 Å². The Hall–Kier alpha value is -0.590. The number of hydrogen-bond acceptors (Lipinski definition) is 5. The third-order valence-electron chi connectivity index (χ3n) is 2.93. The molecular weight excluding hydrogens is 230 g/mol. The van der Waals surface area contributed by atoms with Crippen LogP contribution in [0.5, 0.6) is 0 Å². The Morgan fingerprint density at radius 3 is 2.38 bits per heavy atom. The highest BCUT2D eigenvalue weighted by atomic mass is 32.2. The summed E-state index contributed by atoms with van der Waals surface area (Å²) in [7, 11) is 0. The molecule has 0 aromatic heterocycles. The third kappa shape index (κ3) is 2.56. The molecule has 90 valence electrons. The summed E-state index contributed by atoms with van der Waals surface area (Å²) in [6.07, 6.45) is 0.967. The lowest BCUT2D eigenvalue weighted by Gasteiger charge is -2.37. The highest BCUT2D eigenvalue weighted by Gasteiger charge is 2.37. The summed E-state index contributed by atoms with van der Waals surface area (Å²) in [5.74, 6) is 0.277. The normalized spacial score (nSPS) is 25.9. The standard InChI is InChI=1S/C10H15NO4S/c12-8-5-16-6-9(13)11(8)7-10(14)1-3-15-4-2-10/h14H,1-7H2. The van der Waals surface area contributed by atoms with E-state index in [-0.39, 0.29) is 18.4 Å². The van der Waals surface area contributed by atoms with Gasteiger partial charge in [0, 0.05) is 26.1 Å². The average molecular weight is 245 g/mol. The largest absolute Gasteiger partial charge is 0.388 e. The van der Waals surface area contributed by atoms with E-state index < -0.39 is 5.60 Å². The Balaban J connectivity index is 2.01. The maximum absolute atomic E-state index is 11.6. The third-order valence-corrected chi connectivity index (χ3v) is 3.83. The van der Waals surface area contributed by atoms with Gasteiger partial charge in [-0.2, -0.15) is 0 Å². The van der Waals surface area contributed by atoms with Gasteiger partial charge in [0.2, 0.25) is 11.8 Å². The van der Waals surface area contributed by atoms with E-state index in [9.17, 15) is 14.7 Å². The van der Waals surface area contributed by atoms with E-state index in [0.717, 1.165) is 0 Å². The molecule has 0 saturated carbocycles. The lowest BCUT2D eigenvalue weighted by Crippen LogP contribution is -2.53. The van der Waals surface area contributed by atoms with Crippen molar-refractivity contribution < 1.29 is 19.4 Å². The van der Waals surface area contributed by atoms with E-state index in [1.165, 1.54) is 16.7 Å². The van der Waals surface area contributed by atoms with Crippen molar-refractivity contribution in [3.63, 3.8) is 0 Å². The summed E-state index contributed by atoms with van der Waals surface area (Å²) in [4.78, 5) is 24.3. The second-order valence-corrected chi connectivity index (χ2v) is 5.19. The van der Waals surface area contributed by atoms with Gasteiger partial charge in [-0.05, 0) is 0 Å². The number of ether oxygens (including phenoxy) is 1. The molecule has 0 aromatic carbocycles. The summed E-state index contributed by atoms with van der Waals surface area (Å²) in [5.41, 5.74) is -0.953. The zero-order chi connectivity index (χ0) is 11.6. The molecule has 2 amide bonds. The minimum atomic E-state index is -0.953. The van der Waals surface area contributed by atoms with Gasteiger partial charge in [0.1, 0.15) is 0 Å². The van der Waals surface area contributed by atoms with E-state index >= 15 is 0 Å². The van der Waals surface area contributed by atoms with Crippen LogP contribution in [0.25, 0.3) is 0 Å². The molecule has 2 aliphatic heterocycles. The number of rotatable bonds is 2. The first-order valence-corrected chi connectivity index (χ1v) is 6.47. The van der Waals surface area contributed by atoms with Gasteiger partial charge in [0.25, 0.3) is 0 Å². The van der Waals surface area contributed by atoms with Crippen LogP contribution in [-0.4, -0.2) is 58.7 Å². The van der Waals surface area contributed by atoms with Crippen LogP contribution in [0.2, 0.25) is 0 Å². The van der Waals surface area contributed by atoms with Gasteiger partial charge >= 0.3 is 0 Å². The van der Waals surface area contributed by atoms with E-state index in [2.05, 4.69) is 0 Å². The number of carbonyl (C=O) groups is 2. The van der Waals surface area contributed by atoms with Gasteiger partial charge in [-0.15, -0.1) is 11.8 Å². The second kappa shape index (κ2) is 4.73. The van der Waals surface area contributed by atoms with Crippen molar-refractivity contribution in [1.29, 1.82) is 0 Å². The molecule has 0 bridgehead atoms. The summed E-state index contributed by atoms with van der Waals surface area (Å²) in [6, 6.07) is 0. The van der Waals surface area contributed by atoms with Gasteiger partial charge in [-0.1, -0.05) is 0 Å². The molecule has 0 spiro atoms. The van der Waals surface area contributed by atoms with Crippen LogP contribution < -0.4 is 0 Å². The Morgan fingerprint density at radius 2 is 1.81 bits per heavy atom. The number of hydrogen-bond donors (Lipinski definition) is 1. The molecule has 2 heterocycles. The van der Waals surface area contributed by atoms with Crippen LogP contribution in [0.3, 0.4) is 0 Å². The van der Waals surface area contributed by atoms with E-state index in [1.54, 1.807) is 0 Å². The number of carbonyl (C=O) groups excluding carboxylic acids is 2. The van der Waals surface area contributed by atoms with Crippen LogP contribution in [0, 0.1) is 0 Å². The van der Waals surface area contributed by atoms with Gasteiger partial charge in [0.05, 0.1) is 23.7 Å². The SMILES string of the molecule is O=C1CSCC(=O)N1CC1(O)CCOCC1. The minimum Gasteiger partial charge on any atom is -0.388 e. The highest BCUT2D eigenvalue weighted by molar-refractivity contribution is 8.00. The zero-order valence-electron chi connectivity index (χ0n) is 8.98. The predicted octanol–water partition coefficient (Wildman–Crippen LogP) is -0.370. The second-order valence-electron chi connectivity index (χ2n) is 4.20. The summed E-state index contributed by atoms with van der Waals surface area (Å²) in [6.45, 7) is 1.09. The lowest BCUT2D eigenvalue weighted by molar-refractivity contribution is -0.150. The van der Waals surface area contributed by atoms with E-state index in [0.29, 0.717) is 37.6 Å². The molecule has 2 fully saturated rings. The Kier molecular flexibility index (Phi) is 3.51. The van der Waals surface area contributed by atoms with Gasteiger partial charge in [-0.25, -0.2) is 0 Å². The number of aliphatic hydroxyl groups is 1. The number of nitrogens with zero attached hydrogens (tertiary/aromatic N) is 1. The maximum Gasteiger partial charge on any atom is 0.239 e. The van der Waals surface area contributed by atoms with Gasteiger partial charge in [0.15, 0.2) is 0 Å². The zero-order valence-corrected chi connectivity index (χ0v) is 9.79. The van der Waals surface area contributed by atoms with Crippen molar-refractivity contribution in [1.82, 2.24) is 4.90 Å². The Bertz CT molecular complexity index is 285. The summed E-state index contributed by atoms with van der Waals surface area (Å²) < 4.78 is 5.16. The number of imide groups is 1. The van der Waals surface area contributed by atoms with E-state index in [1.807, 2.05) is 0 Å². The van der Waals surface area contributed by atoms with E-state index in [4.69, 9.17) is 4.74 Å². The fourth-order valence-electron chi connectivity index (χ4n) is 1.90. The monoisotopic (exact) mass is 245 g/mol. The summed E-state index contributed by atoms with van der Waals surface area (Å²) >= 11 is 1.33. The highest BCUT2D eigenvalue weighted by Crippen LogP contribution is 2.24. The Labute approximate surface area is 98.1 Å². The number of β-amino-alcohol motifs (C(OH)–C–C–N with tert-alkyl or cyclic N) is 1. The fourth-order valence-corrected chi connectivity index (χ4v) is 2.66. The van der Waals surface area contributed by atoms with Crippen molar-refractivity contribution >= 4 is 23.6 Å². The molecule has 0 radical (unpaired) electrons. The first kappa shape index (κ1) is 11.9. The molecular formula is C10H15NO4S. The molecule has 5 nitrogen and oxygen atoms in total. The quantitative estimate of drug-likeness (QED) is 0.672. The summed E-state index contributed by atoms with van der Waals surface area (Å²) in [5, 5.41) is 10.2. The average Bonchev–Trinajstić information content (AvgIpc) is 2.25.